The summed E-state index contributed by atoms with van der Waals surface area (Å²) in [5, 5.41) is 0. The molecule has 1 nitrogen and oxygen atoms in total. The average Bonchev–Trinajstić information content (AvgIpc) is 2.17. The Morgan fingerprint density at radius 3 is 2.47 bits per heavy atom. The molecule has 0 spiro atoms. The van der Waals surface area contributed by atoms with E-state index in [2.05, 4.69) is 35.2 Å². The van der Waals surface area contributed by atoms with E-state index in [9.17, 15) is 0 Å². The molecule has 0 heterocycles. The highest BCUT2D eigenvalue weighted by Gasteiger charge is 2.24. The topological polar surface area (TPSA) is 3.24 Å². The smallest absolute Gasteiger partial charge is 0.0351 e. The third-order valence-corrected chi connectivity index (χ3v) is 3.36. The van der Waals surface area contributed by atoms with Crippen molar-refractivity contribution in [3.05, 3.63) is 35.9 Å². The summed E-state index contributed by atoms with van der Waals surface area (Å²) >= 11 is 5.85. The summed E-state index contributed by atoms with van der Waals surface area (Å²) < 4.78 is 0. The molecule has 1 aromatic rings. The minimum Gasteiger partial charge on any atom is -0.295 e. The van der Waals surface area contributed by atoms with Crippen LogP contribution >= 0.6 is 11.6 Å². The molecule has 0 amide bonds. The summed E-state index contributed by atoms with van der Waals surface area (Å²) in [5.41, 5.74) is 1.40. The lowest BCUT2D eigenvalue weighted by Crippen LogP contribution is -2.40. The fraction of sp³-hybridized carbons (Fsp3) is 0.538. The lowest BCUT2D eigenvalue weighted by atomic mass is 9.91. The predicted octanol–water partition coefficient (Wildman–Crippen LogP) is 3.28. The van der Waals surface area contributed by atoms with Crippen molar-refractivity contribution in [1.82, 2.24) is 4.90 Å². The van der Waals surface area contributed by atoms with E-state index < -0.39 is 0 Å². The molecule has 1 fully saturated rings. The van der Waals surface area contributed by atoms with Crippen LogP contribution in [0.25, 0.3) is 0 Å². The summed E-state index contributed by atoms with van der Waals surface area (Å²) in [6.07, 6.45) is 4.09. The largest absolute Gasteiger partial charge is 0.295 e. The molecule has 0 aliphatic heterocycles. The van der Waals surface area contributed by atoms with Gasteiger partial charge in [0.15, 0.2) is 0 Å². The molecule has 2 heteroatoms. The van der Waals surface area contributed by atoms with Crippen molar-refractivity contribution in [3.8, 4) is 0 Å². The van der Waals surface area contributed by atoms with Gasteiger partial charge in [-0.3, -0.25) is 4.90 Å². The van der Waals surface area contributed by atoms with Gasteiger partial charge >= 0.3 is 0 Å². The number of benzene rings is 1. The Morgan fingerprint density at radius 1 is 1.20 bits per heavy atom. The number of alkyl halides is 1. The van der Waals surface area contributed by atoms with Crippen LogP contribution in [0.15, 0.2) is 30.3 Å². The molecule has 0 aromatic heterocycles. The zero-order chi connectivity index (χ0) is 10.5. The van der Waals surface area contributed by atoms with E-state index in [1.165, 1.54) is 24.8 Å². The predicted molar refractivity (Wildman–Crippen MR) is 65.2 cm³/mol. The van der Waals surface area contributed by atoms with Crippen LogP contribution in [-0.4, -0.2) is 23.4 Å². The number of nitrogens with zero attached hydrogens (tertiary/aromatic N) is 1. The third kappa shape index (κ3) is 2.96. The summed E-state index contributed by atoms with van der Waals surface area (Å²) in [5.74, 6) is 0.739. The van der Waals surface area contributed by atoms with Crippen LogP contribution in [0.1, 0.15) is 24.8 Å². The first-order valence-corrected chi connectivity index (χ1v) is 6.27. The Hall–Kier alpha value is -0.530. The van der Waals surface area contributed by atoms with Crippen molar-refractivity contribution in [1.29, 1.82) is 0 Å². The molecule has 82 valence electrons. The van der Waals surface area contributed by atoms with Gasteiger partial charge < -0.3 is 0 Å². The quantitative estimate of drug-likeness (QED) is 0.693. The Labute approximate surface area is 97.0 Å². The van der Waals surface area contributed by atoms with E-state index in [1.807, 2.05) is 0 Å². The Kier molecular flexibility index (Phi) is 4.04. The summed E-state index contributed by atoms with van der Waals surface area (Å²) in [4.78, 5) is 2.52. The number of halogens is 1. The van der Waals surface area contributed by atoms with Crippen molar-refractivity contribution >= 4 is 11.6 Å². The van der Waals surface area contributed by atoms with Gasteiger partial charge in [0, 0.05) is 25.0 Å². The van der Waals surface area contributed by atoms with E-state index in [4.69, 9.17) is 11.6 Å². The van der Waals surface area contributed by atoms with E-state index in [1.54, 1.807) is 0 Å². The molecule has 0 bridgehead atoms. The van der Waals surface area contributed by atoms with Crippen LogP contribution in [0, 0.1) is 0 Å². The maximum atomic E-state index is 5.85. The molecule has 0 atom stereocenters. The maximum absolute atomic E-state index is 5.85. The highest BCUT2D eigenvalue weighted by molar-refractivity contribution is 6.18. The zero-order valence-corrected chi connectivity index (χ0v) is 9.79. The van der Waals surface area contributed by atoms with Crippen LogP contribution < -0.4 is 0 Å². The zero-order valence-electron chi connectivity index (χ0n) is 9.03. The minimum atomic E-state index is 0.739. The summed E-state index contributed by atoms with van der Waals surface area (Å²) in [7, 11) is 0. The van der Waals surface area contributed by atoms with Crippen LogP contribution in [0.3, 0.4) is 0 Å². The van der Waals surface area contributed by atoms with Crippen LogP contribution in [0.4, 0.5) is 0 Å². The molecule has 1 aliphatic carbocycles. The lowest BCUT2D eigenvalue weighted by Gasteiger charge is -2.37. The monoisotopic (exact) mass is 223 g/mol. The SMILES string of the molecule is ClCCN(Cc1ccccc1)C1CCC1. The maximum Gasteiger partial charge on any atom is 0.0351 e. The van der Waals surface area contributed by atoms with Gasteiger partial charge in [0.2, 0.25) is 0 Å². The fourth-order valence-electron chi connectivity index (χ4n) is 2.07. The van der Waals surface area contributed by atoms with Gasteiger partial charge in [-0.05, 0) is 18.4 Å². The van der Waals surface area contributed by atoms with E-state index >= 15 is 0 Å². The molecule has 2 rings (SSSR count). The second kappa shape index (κ2) is 5.53. The van der Waals surface area contributed by atoms with Crippen LogP contribution in [0.5, 0.6) is 0 Å². The second-order valence-electron chi connectivity index (χ2n) is 4.23. The van der Waals surface area contributed by atoms with E-state index in [0.717, 1.165) is 25.0 Å². The summed E-state index contributed by atoms with van der Waals surface area (Å²) in [6.45, 7) is 2.07. The third-order valence-electron chi connectivity index (χ3n) is 3.19. The molecule has 0 radical (unpaired) electrons. The Morgan fingerprint density at radius 2 is 1.93 bits per heavy atom. The molecule has 0 N–H and O–H groups in total. The van der Waals surface area contributed by atoms with Gasteiger partial charge in [-0.15, -0.1) is 11.6 Å². The molecular weight excluding hydrogens is 206 g/mol. The highest BCUT2D eigenvalue weighted by Crippen LogP contribution is 2.26. The normalized spacial score (nSPS) is 16.7. The number of rotatable bonds is 5. The first kappa shape index (κ1) is 11.0. The van der Waals surface area contributed by atoms with Gasteiger partial charge in [-0.2, -0.15) is 0 Å². The molecular formula is C13H18ClN. The van der Waals surface area contributed by atoms with Crippen LogP contribution in [0.2, 0.25) is 0 Å². The molecule has 1 aromatic carbocycles. The van der Waals surface area contributed by atoms with Gasteiger partial charge in [-0.1, -0.05) is 36.8 Å². The average molecular weight is 224 g/mol. The minimum absolute atomic E-state index is 0.739. The van der Waals surface area contributed by atoms with Gasteiger partial charge in [0.25, 0.3) is 0 Å². The van der Waals surface area contributed by atoms with Crippen molar-refractivity contribution in [3.63, 3.8) is 0 Å². The van der Waals surface area contributed by atoms with E-state index in [0.29, 0.717) is 0 Å². The first-order chi connectivity index (χ1) is 7.40. The van der Waals surface area contributed by atoms with Crippen molar-refractivity contribution in [2.24, 2.45) is 0 Å². The molecule has 0 unspecified atom stereocenters. The fourth-order valence-corrected chi connectivity index (χ4v) is 2.29. The van der Waals surface area contributed by atoms with Crippen molar-refractivity contribution in [2.45, 2.75) is 31.8 Å². The first-order valence-electron chi connectivity index (χ1n) is 5.74. The Balaban J connectivity index is 1.93. The van der Waals surface area contributed by atoms with Crippen molar-refractivity contribution < 1.29 is 0 Å². The molecule has 0 saturated heterocycles. The second-order valence-corrected chi connectivity index (χ2v) is 4.61. The van der Waals surface area contributed by atoms with Crippen molar-refractivity contribution in [2.75, 3.05) is 12.4 Å². The van der Waals surface area contributed by atoms with Crippen LogP contribution in [-0.2, 0) is 6.54 Å². The molecule has 1 saturated carbocycles. The highest BCUT2D eigenvalue weighted by atomic mass is 35.5. The van der Waals surface area contributed by atoms with Gasteiger partial charge in [0.05, 0.1) is 0 Å². The van der Waals surface area contributed by atoms with E-state index in [-0.39, 0.29) is 0 Å². The lowest BCUT2D eigenvalue weighted by molar-refractivity contribution is 0.127. The summed E-state index contributed by atoms with van der Waals surface area (Å²) in [6, 6.07) is 11.5. The Bertz CT molecular complexity index is 282. The number of hydrogen-bond acceptors (Lipinski definition) is 1. The van der Waals surface area contributed by atoms with Gasteiger partial charge in [0.1, 0.15) is 0 Å². The standard InChI is InChI=1S/C13H18ClN/c14-9-10-15(13-7-4-8-13)11-12-5-2-1-3-6-12/h1-3,5-6,13H,4,7-11H2. The molecule has 15 heavy (non-hydrogen) atoms. The molecule has 1 aliphatic rings. The number of hydrogen-bond donors (Lipinski definition) is 0. The van der Waals surface area contributed by atoms with Gasteiger partial charge in [-0.25, -0.2) is 0 Å².